The van der Waals surface area contributed by atoms with Crippen molar-refractivity contribution in [3.05, 3.63) is 102 Å². The molecular formula is C24H23NO4. The highest BCUT2D eigenvalue weighted by molar-refractivity contribution is 5.89. The van der Waals surface area contributed by atoms with E-state index in [0.29, 0.717) is 17.7 Å². The molecule has 0 radical (unpaired) electrons. The van der Waals surface area contributed by atoms with Gasteiger partial charge in [0.2, 0.25) is 0 Å². The third kappa shape index (κ3) is 5.94. The molecule has 1 N–H and O–H groups in total. The lowest BCUT2D eigenvalue weighted by Crippen LogP contribution is -2.33. The Balaban J connectivity index is 1.61. The van der Waals surface area contributed by atoms with Crippen LogP contribution in [0.4, 0.5) is 0 Å². The molecule has 29 heavy (non-hydrogen) atoms. The number of hydrogen-bond acceptors (Lipinski definition) is 4. The molecule has 0 aliphatic carbocycles. The molecule has 0 aliphatic heterocycles. The normalized spacial score (nSPS) is 11.3. The zero-order valence-corrected chi connectivity index (χ0v) is 16.2. The largest absolute Gasteiger partial charge is 0.484 e. The van der Waals surface area contributed by atoms with Crippen LogP contribution in [0.15, 0.2) is 84.9 Å². The molecule has 5 nitrogen and oxygen atoms in total. The first-order valence-corrected chi connectivity index (χ1v) is 9.35. The van der Waals surface area contributed by atoms with Crippen molar-refractivity contribution in [1.82, 2.24) is 5.32 Å². The number of ether oxygens (including phenoxy) is 2. The number of benzene rings is 3. The van der Waals surface area contributed by atoms with E-state index in [1.807, 2.05) is 60.7 Å². The minimum atomic E-state index is -0.416. The van der Waals surface area contributed by atoms with Crippen LogP contribution in [0, 0.1) is 0 Å². The van der Waals surface area contributed by atoms with Crippen molar-refractivity contribution in [3.63, 3.8) is 0 Å². The summed E-state index contributed by atoms with van der Waals surface area (Å²) in [5.74, 6) is -0.125. The summed E-state index contributed by atoms with van der Waals surface area (Å²) in [5, 5.41) is 3.05. The standard InChI is InChI=1S/C24H23NO4/c1-28-24(27)20-12-14-21(15-13-20)29-17-23(26)25-22(19-10-6-3-7-11-19)16-18-8-4-2-5-9-18/h2-15,22H,16-17H2,1H3,(H,25,26)/t22-/m1/s1. The van der Waals surface area contributed by atoms with E-state index in [1.54, 1.807) is 24.3 Å². The van der Waals surface area contributed by atoms with Gasteiger partial charge in [0, 0.05) is 0 Å². The van der Waals surface area contributed by atoms with Gasteiger partial charge in [-0.15, -0.1) is 0 Å². The van der Waals surface area contributed by atoms with Crippen LogP contribution in [0.2, 0.25) is 0 Å². The lowest BCUT2D eigenvalue weighted by atomic mass is 9.99. The van der Waals surface area contributed by atoms with Crippen molar-refractivity contribution in [2.45, 2.75) is 12.5 Å². The Morgan fingerprint density at radius 1 is 0.862 bits per heavy atom. The zero-order chi connectivity index (χ0) is 20.5. The summed E-state index contributed by atoms with van der Waals surface area (Å²) in [6.45, 7) is -0.115. The first-order chi connectivity index (χ1) is 14.2. The van der Waals surface area contributed by atoms with Crippen LogP contribution in [-0.2, 0) is 16.0 Å². The molecule has 0 unspecified atom stereocenters. The summed E-state index contributed by atoms with van der Waals surface area (Å²) in [6, 6.07) is 26.2. The third-order valence-corrected chi connectivity index (χ3v) is 4.47. The number of amides is 1. The number of hydrogen-bond donors (Lipinski definition) is 1. The second kappa shape index (κ2) is 10.1. The van der Waals surface area contributed by atoms with Crippen LogP contribution < -0.4 is 10.1 Å². The summed E-state index contributed by atoms with van der Waals surface area (Å²) in [5.41, 5.74) is 2.60. The Kier molecular flexibility index (Phi) is 7.00. The maximum absolute atomic E-state index is 12.5. The third-order valence-electron chi connectivity index (χ3n) is 4.47. The molecule has 0 heterocycles. The highest BCUT2D eigenvalue weighted by atomic mass is 16.5. The fourth-order valence-electron chi connectivity index (χ4n) is 2.98. The SMILES string of the molecule is COC(=O)c1ccc(OCC(=O)N[C@H](Cc2ccccc2)c2ccccc2)cc1. The van der Waals surface area contributed by atoms with Gasteiger partial charge < -0.3 is 14.8 Å². The highest BCUT2D eigenvalue weighted by Gasteiger charge is 2.16. The topological polar surface area (TPSA) is 64.6 Å². The van der Waals surface area contributed by atoms with Crippen molar-refractivity contribution in [2.75, 3.05) is 13.7 Å². The average molecular weight is 389 g/mol. The van der Waals surface area contributed by atoms with Gasteiger partial charge in [-0.1, -0.05) is 60.7 Å². The van der Waals surface area contributed by atoms with Gasteiger partial charge in [-0.2, -0.15) is 0 Å². The van der Waals surface area contributed by atoms with Gasteiger partial charge in [0.25, 0.3) is 5.91 Å². The second-order valence-electron chi connectivity index (χ2n) is 6.53. The molecule has 3 aromatic rings. The molecule has 0 bridgehead atoms. The number of carbonyl (C=O) groups is 2. The van der Waals surface area contributed by atoms with Crippen LogP contribution in [0.3, 0.4) is 0 Å². The van der Waals surface area contributed by atoms with Crippen molar-refractivity contribution < 1.29 is 19.1 Å². The Bertz CT molecular complexity index is 924. The lowest BCUT2D eigenvalue weighted by Gasteiger charge is -2.20. The number of carbonyl (C=O) groups excluding carboxylic acids is 2. The number of rotatable bonds is 8. The quantitative estimate of drug-likeness (QED) is 0.593. The van der Waals surface area contributed by atoms with E-state index >= 15 is 0 Å². The van der Waals surface area contributed by atoms with Crippen molar-refractivity contribution in [3.8, 4) is 5.75 Å². The molecule has 0 saturated heterocycles. The maximum Gasteiger partial charge on any atom is 0.337 e. The van der Waals surface area contributed by atoms with E-state index < -0.39 is 5.97 Å². The number of methoxy groups -OCH3 is 1. The van der Waals surface area contributed by atoms with E-state index in [9.17, 15) is 9.59 Å². The average Bonchev–Trinajstić information content (AvgIpc) is 2.78. The van der Waals surface area contributed by atoms with Gasteiger partial charge >= 0.3 is 5.97 Å². The molecule has 0 spiro atoms. The molecule has 1 amide bonds. The molecule has 0 fully saturated rings. The van der Waals surface area contributed by atoms with Gasteiger partial charge in [0.05, 0.1) is 18.7 Å². The van der Waals surface area contributed by atoms with E-state index in [1.165, 1.54) is 7.11 Å². The first-order valence-electron chi connectivity index (χ1n) is 9.35. The van der Waals surface area contributed by atoms with Crippen molar-refractivity contribution >= 4 is 11.9 Å². The Morgan fingerprint density at radius 3 is 2.10 bits per heavy atom. The smallest absolute Gasteiger partial charge is 0.337 e. The molecule has 0 saturated carbocycles. The van der Waals surface area contributed by atoms with Gasteiger partial charge in [0.15, 0.2) is 6.61 Å². The Morgan fingerprint density at radius 2 is 1.48 bits per heavy atom. The summed E-state index contributed by atoms with van der Waals surface area (Å²) < 4.78 is 10.2. The van der Waals surface area contributed by atoms with Crippen LogP contribution in [0.1, 0.15) is 27.5 Å². The molecule has 3 rings (SSSR count). The van der Waals surface area contributed by atoms with E-state index in [-0.39, 0.29) is 18.6 Å². The Hall–Kier alpha value is -3.60. The second-order valence-corrected chi connectivity index (χ2v) is 6.53. The van der Waals surface area contributed by atoms with Crippen LogP contribution in [0.25, 0.3) is 0 Å². The number of nitrogens with one attached hydrogen (secondary N) is 1. The van der Waals surface area contributed by atoms with Gasteiger partial charge in [-0.25, -0.2) is 4.79 Å². The van der Waals surface area contributed by atoms with Crippen LogP contribution in [0.5, 0.6) is 5.75 Å². The fraction of sp³-hybridized carbons (Fsp3) is 0.167. The minimum absolute atomic E-state index is 0.115. The molecular weight excluding hydrogens is 366 g/mol. The van der Waals surface area contributed by atoms with Gasteiger partial charge in [-0.05, 0) is 41.8 Å². The van der Waals surface area contributed by atoms with Crippen LogP contribution in [-0.4, -0.2) is 25.6 Å². The van der Waals surface area contributed by atoms with Gasteiger partial charge in [-0.3, -0.25) is 4.79 Å². The predicted octanol–water partition coefficient (Wildman–Crippen LogP) is 3.95. The summed E-state index contributed by atoms with van der Waals surface area (Å²) in [6.07, 6.45) is 0.685. The monoisotopic (exact) mass is 389 g/mol. The zero-order valence-electron chi connectivity index (χ0n) is 16.2. The van der Waals surface area contributed by atoms with E-state index in [2.05, 4.69) is 10.1 Å². The van der Waals surface area contributed by atoms with Crippen LogP contribution >= 0.6 is 0 Å². The summed E-state index contributed by atoms with van der Waals surface area (Å²) in [7, 11) is 1.33. The molecule has 148 valence electrons. The predicted molar refractivity (Wildman–Crippen MR) is 111 cm³/mol. The minimum Gasteiger partial charge on any atom is -0.484 e. The lowest BCUT2D eigenvalue weighted by molar-refractivity contribution is -0.123. The molecule has 3 aromatic carbocycles. The molecule has 0 aromatic heterocycles. The molecule has 1 atom stereocenters. The first kappa shape index (κ1) is 20.1. The maximum atomic E-state index is 12.5. The number of esters is 1. The highest BCUT2D eigenvalue weighted by Crippen LogP contribution is 2.19. The fourth-order valence-corrected chi connectivity index (χ4v) is 2.98. The Labute approximate surface area is 170 Å². The van der Waals surface area contributed by atoms with Gasteiger partial charge in [0.1, 0.15) is 5.75 Å². The van der Waals surface area contributed by atoms with E-state index in [0.717, 1.165) is 11.1 Å². The molecule has 0 aliphatic rings. The van der Waals surface area contributed by atoms with E-state index in [4.69, 9.17) is 4.74 Å². The summed E-state index contributed by atoms with van der Waals surface area (Å²) >= 11 is 0. The molecule has 5 heteroatoms. The van der Waals surface area contributed by atoms with Crippen molar-refractivity contribution in [1.29, 1.82) is 0 Å². The summed E-state index contributed by atoms with van der Waals surface area (Å²) in [4.78, 5) is 24.0. The van der Waals surface area contributed by atoms with Crippen molar-refractivity contribution in [2.24, 2.45) is 0 Å².